The summed E-state index contributed by atoms with van der Waals surface area (Å²) >= 11 is 7.37. The fraction of sp³-hybridized carbons (Fsp3) is 0.111. The van der Waals surface area contributed by atoms with Gasteiger partial charge in [0.15, 0.2) is 0 Å². The Morgan fingerprint density at radius 2 is 1.71 bits per heavy atom. The van der Waals surface area contributed by atoms with Crippen LogP contribution in [0.5, 0.6) is 0 Å². The normalized spacial score (nSPS) is 11.0. The molecule has 0 fully saturated rings. The van der Waals surface area contributed by atoms with E-state index in [0.29, 0.717) is 0 Å². The van der Waals surface area contributed by atoms with Crippen molar-refractivity contribution in [2.24, 2.45) is 0 Å². The molecule has 0 saturated carbocycles. The van der Waals surface area contributed by atoms with Crippen molar-refractivity contribution in [2.75, 3.05) is 0 Å². The summed E-state index contributed by atoms with van der Waals surface area (Å²) in [7, 11) is 0. The summed E-state index contributed by atoms with van der Waals surface area (Å²) in [5, 5.41) is 1.14. The number of fused-ring (bicyclic) bond motifs is 1. The van der Waals surface area contributed by atoms with Crippen molar-refractivity contribution in [3.8, 4) is 0 Å². The van der Waals surface area contributed by atoms with E-state index in [0.717, 1.165) is 32.8 Å². The molecular formula is C18H14Br2N. The number of halogens is 2. The van der Waals surface area contributed by atoms with E-state index in [2.05, 4.69) is 86.2 Å². The number of hydrogen-bond donors (Lipinski definition) is 0. The molecule has 0 saturated heterocycles. The average Bonchev–Trinajstić information content (AvgIpc) is 2.52. The Balaban J connectivity index is 2.13. The fourth-order valence-electron chi connectivity index (χ4n) is 2.39. The second-order valence-corrected chi connectivity index (χ2v) is 6.50. The first-order chi connectivity index (χ1) is 10.2. The average molecular weight is 404 g/mol. The Kier molecular flexibility index (Phi) is 4.41. The highest BCUT2D eigenvalue weighted by Crippen LogP contribution is 2.33. The third-order valence-corrected chi connectivity index (χ3v) is 5.10. The molecule has 1 radical (unpaired) electrons. The van der Waals surface area contributed by atoms with Crippen molar-refractivity contribution in [1.29, 1.82) is 0 Å². The molecule has 0 atom stereocenters. The Morgan fingerprint density at radius 3 is 2.43 bits per heavy atom. The van der Waals surface area contributed by atoms with Crippen molar-refractivity contribution < 1.29 is 0 Å². The molecule has 21 heavy (non-hydrogen) atoms. The summed E-state index contributed by atoms with van der Waals surface area (Å²) in [6, 6.07) is 16.7. The van der Waals surface area contributed by atoms with Crippen LogP contribution in [-0.4, -0.2) is 4.98 Å². The zero-order valence-corrected chi connectivity index (χ0v) is 14.6. The topological polar surface area (TPSA) is 12.9 Å². The molecule has 0 unspecified atom stereocenters. The van der Waals surface area contributed by atoms with Crippen LogP contribution < -0.4 is 0 Å². The highest BCUT2D eigenvalue weighted by Gasteiger charge is 2.12. The van der Waals surface area contributed by atoms with Gasteiger partial charge in [-0.3, -0.25) is 0 Å². The van der Waals surface area contributed by atoms with E-state index in [9.17, 15) is 0 Å². The van der Waals surface area contributed by atoms with E-state index in [4.69, 9.17) is 0 Å². The number of aromatic nitrogens is 1. The van der Waals surface area contributed by atoms with Gasteiger partial charge in [0.25, 0.3) is 0 Å². The quantitative estimate of drug-likeness (QED) is 0.509. The van der Waals surface area contributed by atoms with E-state index in [1.807, 2.05) is 6.07 Å². The van der Waals surface area contributed by atoms with Crippen LogP contribution in [-0.2, 0) is 12.8 Å². The maximum Gasteiger partial charge on any atom is 0.111 e. The van der Waals surface area contributed by atoms with Crippen LogP contribution in [0.25, 0.3) is 10.9 Å². The van der Waals surface area contributed by atoms with E-state index in [1.165, 1.54) is 16.7 Å². The van der Waals surface area contributed by atoms with Crippen LogP contribution in [0.15, 0.2) is 57.6 Å². The molecule has 0 bridgehead atoms. The first-order valence-corrected chi connectivity index (χ1v) is 8.37. The third kappa shape index (κ3) is 3.04. The molecule has 3 heteroatoms. The molecule has 1 heterocycles. The molecule has 3 aromatic rings. The number of pyridine rings is 1. The summed E-state index contributed by atoms with van der Waals surface area (Å²) in [5.74, 6) is 0. The van der Waals surface area contributed by atoms with Crippen LogP contribution in [0.4, 0.5) is 0 Å². The Labute approximate surface area is 141 Å². The van der Waals surface area contributed by atoms with Crippen molar-refractivity contribution >= 4 is 42.8 Å². The van der Waals surface area contributed by atoms with Crippen molar-refractivity contribution in [2.45, 2.75) is 12.8 Å². The predicted octanol–water partition coefficient (Wildman–Crippen LogP) is 5.73. The minimum absolute atomic E-state index is 0.784. The van der Waals surface area contributed by atoms with Gasteiger partial charge < -0.3 is 0 Å². The van der Waals surface area contributed by atoms with Gasteiger partial charge in [-0.2, -0.15) is 0 Å². The first-order valence-electron chi connectivity index (χ1n) is 6.78. The molecule has 1 nitrogen and oxygen atoms in total. The first kappa shape index (κ1) is 14.7. The lowest BCUT2D eigenvalue weighted by Gasteiger charge is -2.11. The van der Waals surface area contributed by atoms with Gasteiger partial charge in [0.2, 0.25) is 0 Å². The number of benzene rings is 2. The fourth-order valence-corrected chi connectivity index (χ4v) is 3.83. The summed E-state index contributed by atoms with van der Waals surface area (Å²) in [6.07, 6.45) is 1.63. The summed E-state index contributed by atoms with van der Waals surface area (Å²) in [5.41, 5.74) is 4.66. The minimum Gasteiger partial charge on any atom is -0.241 e. The Bertz CT molecular complexity index is 782. The second kappa shape index (κ2) is 6.29. The molecular weight excluding hydrogens is 390 g/mol. The molecule has 0 amide bonds. The van der Waals surface area contributed by atoms with Crippen LogP contribution in [0.2, 0.25) is 0 Å². The number of rotatable bonds is 3. The molecule has 105 valence electrons. The third-order valence-electron chi connectivity index (χ3n) is 3.54. The van der Waals surface area contributed by atoms with Crippen molar-refractivity contribution in [3.05, 3.63) is 81.2 Å². The van der Waals surface area contributed by atoms with Gasteiger partial charge >= 0.3 is 0 Å². The lowest BCUT2D eigenvalue weighted by molar-refractivity contribution is 1.13. The monoisotopic (exact) mass is 402 g/mol. The molecule has 1 aromatic heterocycles. The molecule has 3 rings (SSSR count). The predicted molar refractivity (Wildman–Crippen MR) is 95.5 cm³/mol. The molecule has 0 spiro atoms. The Morgan fingerprint density at radius 1 is 0.952 bits per heavy atom. The molecule has 0 aliphatic heterocycles. The SMILES string of the molecule is [CH2]Cc1ccc2nc(Br)c(Cc3ccccc3)c(Br)c2c1. The van der Waals surface area contributed by atoms with Gasteiger partial charge in [0.1, 0.15) is 4.60 Å². The van der Waals surface area contributed by atoms with E-state index in [1.54, 1.807) is 0 Å². The number of hydrogen-bond acceptors (Lipinski definition) is 1. The zero-order valence-electron chi connectivity index (χ0n) is 11.4. The van der Waals surface area contributed by atoms with Gasteiger partial charge in [-0.1, -0.05) is 36.4 Å². The molecule has 2 aromatic carbocycles. The van der Waals surface area contributed by atoms with E-state index < -0.39 is 0 Å². The lowest BCUT2D eigenvalue weighted by atomic mass is 10.0. The smallest absolute Gasteiger partial charge is 0.111 e. The van der Waals surface area contributed by atoms with Gasteiger partial charge in [0, 0.05) is 21.8 Å². The summed E-state index contributed by atoms with van der Waals surface area (Å²) in [4.78, 5) is 4.67. The Hall–Kier alpha value is -1.19. The van der Waals surface area contributed by atoms with Crippen LogP contribution in [0.3, 0.4) is 0 Å². The number of nitrogens with zero attached hydrogens (tertiary/aromatic N) is 1. The van der Waals surface area contributed by atoms with Crippen molar-refractivity contribution in [3.63, 3.8) is 0 Å². The highest BCUT2D eigenvalue weighted by atomic mass is 79.9. The largest absolute Gasteiger partial charge is 0.241 e. The molecule has 0 N–H and O–H groups in total. The van der Waals surface area contributed by atoms with Crippen LogP contribution in [0, 0.1) is 6.92 Å². The summed E-state index contributed by atoms with van der Waals surface area (Å²) < 4.78 is 2.01. The van der Waals surface area contributed by atoms with Gasteiger partial charge in [-0.15, -0.1) is 0 Å². The van der Waals surface area contributed by atoms with E-state index in [-0.39, 0.29) is 0 Å². The van der Waals surface area contributed by atoms with Gasteiger partial charge in [-0.05, 0) is 68.5 Å². The van der Waals surface area contributed by atoms with E-state index >= 15 is 0 Å². The van der Waals surface area contributed by atoms with Crippen molar-refractivity contribution in [1.82, 2.24) is 4.98 Å². The van der Waals surface area contributed by atoms with Crippen LogP contribution in [0.1, 0.15) is 16.7 Å². The minimum atomic E-state index is 0.784. The van der Waals surface area contributed by atoms with Crippen LogP contribution >= 0.6 is 31.9 Å². The zero-order chi connectivity index (χ0) is 14.8. The summed E-state index contributed by atoms with van der Waals surface area (Å²) in [6.45, 7) is 3.96. The van der Waals surface area contributed by atoms with Gasteiger partial charge in [0.05, 0.1) is 5.52 Å². The molecule has 0 aliphatic rings. The molecule has 0 aliphatic carbocycles. The maximum atomic E-state index is 4.67. The standard InChI is InChI=1S/C18H14Br2N/c1-2-12-8-9-16-14(10-12)17(19)15(18(20)21-16)11-13-6-4-3-5-7-13/h3-10H,1-2,11H2. The van der Waals surface area contributed by atoms with Gasteiger partial charge in [-0.25, -0.2) is 4.98 Å². The second-order valence-electron chi connectivity index (χ2n) is 4.96. The lowest BCUT2D eigenvalue weighted by Crippen LogP contribution is -1.96. The maximum absolute atomic E-state index is 4.67. The highest BCUT2D eigenvalue weighted by molar-refractivity contribution is 9.11.